The molecule has 0 saturated heterocycles. The highest BCUT2D eigenvalue weighted by atomic mass is 35.5. The average Bonchev–Trinajstić information content (AvgIpc) is 3.31. The second-order valence-corrected chi connectivity index (χ2v) is 6.63. The zero-order chi connectivity index (χ0) is 17.9. The van der Waals surface area contributed by atoms with Crippen LogP contribution in [0.4, 0.5) is 0 Å². The van der Waals surface area contributed by atoms with Crippen LogP contribution < -0.4 is 4.74 Å². The summed E-state index contributed by atoms with van der Waals surface area (Å²) in [6.07, 6.45) is 2.34. The second kappa shape index (κ2) is 7.84. The van der Waals surface area contributed by atoms with Gasteiger partial charge in [0, 0.05) is 22.1 Å². The molecule has 0 amide bonds. The van der Waals surface area contributed by atoms with Gasteiger partial charge in [-0.2, -0.15) is 0 Å². The first-order valence-electron chi connectivity index (χ1n) is 8.19. The van der Waals surface area contributed by atoms with E-state index in [0.29, 0.717) is 35.1 Å². The standard InChI is InChI=1S/C19H23ClO4/c1-5-6-7-23-19(22)15-10-14(15)18(21)13-8-16(20)12(4)17(9-13)24-11(2)3/h8-9,14-15H,2,5-7,10H2,1,3-4H3/t14-,15-/m0/s1. The predicted molar refractivity (Wildman–Crippen MR) is 93.4 cm³/mol. The van der Waals surface area contributed by atoms with Crippen molar-refractivity contribution < 1.29 is 19.1 Å². The summed E-state index contributed by atoms with van der Waals surface area (Å²) in [4.78, 5) is 24.5. The fraction of sp³-hybridized carbons (Fsp3) is 0.474. The van der Waals surface area contributed by atoms with Crippen LogP contribution in [0.15, 0.2) is 24.5 Å². The van der Waals surface area contributed by atoms with Gasteiger partial charge in [-0.15, -0.1) is 0 Å². The molecular formula is C19H23ClO4. The fourth-order valence-electron chi connectivity index (χ4n) is 2.47. The minimum Gasteiger partial charge on any atom is -0.465 e. The van der Waals surface area contributed by atoms with Crippen LogP contribution in [-0.4, -0.2) is 18.4 Å². The molecule has 130 valence electrons. The van der Waals surface area contributed by atoms with Gasteiger partial charge >= 0.3 is 5.97 Å². The molecule has 24 heavy (non-hydrogen) atoms. The number of hydrogen-bond donors (Lipinski definition) is 0. The summed E-state index contributed by atoms with van der Waals surface area (Å²) in [6, 6.07) is 3.29. The Balaban J connectivity index is 2.07. The number of benzene rings is 1. The number of hydrogen-bond acceptors (Lipinski definition) is 4. The van der Waals surface area contributed by atoms with Crippen LogP contribution in [-0.2, 0) is 9.53 Å². The molecule has 0 heterocycles. The highest BCUT2D eigenvalue weighted by Crippen LogP contribution is 2.43. The molecule has 0 bridgehead atoms. The fourth-order valence-corrected chi connectivity index (χ4v) is 2.68. The van der Waals surface area contributed by atoms with Crippen molar-refractivity contribution in [1.82, 2.24) is 0 Å². The van der Waals surface area contributed by atoms with Gasteiger partial charge in [-0.25, -0.2) is 0 Å². The number of carbonyl (C=O) groups is 2. The SMILES string of the molecule is C=C(C)Oc1cc(C(=O)[C@H]2C[C@@H]2C(=O)OCCCC)cc(Cl)c1C. The minimum absolute atomic E-state index is 0.0964. The van der Waals surface area contributed by atoms with E-state index in [-0.39, 0.29) is 23.6 Å². The van der Waals surface area contributed by atoms with Crippen molar-refractivity contribution in [3.8, 4) is 5.75 Å². The van der Waals surface area contributed by atoms with Crippen molar-refractivity contribution in [3.05, 3.63) is 40.6 Å². The van der Waals surface area contributed by atoms with E-state index in [9.17, 15) is 9.59 Å². The Morgan fingerprint density at radius 2 is 2.04 bits per heavy atom. The molecule has 0 N–H and O–H groups in total. The monoisotopic (exact) mass is 350 g/mol. The molecule has 1 aliphatic carbocycles. The molecule has 1 aromatic rings. The van der Waals surface area contributed by atoms with E-state index in [0.717, 1.165) is 18.4 Å². The van der Waals surface area contributed by atoms with Gasteiger partial charge in [0.05, 0.1) is 18.3 Å². The van der Waals surface area contributed by atoms with Gasteiger partial charge < -0.3 is 9.47 Å². The molecule has 4 nitrogen and oxygen atoms in total. The topological polar surface area (TPSA) is 52.6 Å². The van der Waals surface area contributed by atoms with Crippen molar-refractivity contribution in [1.29, 1.82) is 0 Å². The Kier molecular flexibility index (Phi) is 6.05. The number of allylic oxidation sites excluding steroid dienone is 1. The lowest BCUT2D eigenvalue weighted by Gasteiger charge is -2.12. The molecule has 1 aliphatic rings. The maximum Gasteiger partial charge on any atom is 0.309 e. The molecule has 1 aromatic carbocycles. The summed E-state index contributed by atoms with van der Waals surface area (Å²) in [6.45, 7) is 9.70. The largest absolute Gasteiger partial charge is 0.465 e. The first kappa shape index (κ1) is 18.5. The lowest BCUT2D eigenvalue weighted by atomic mass is 10.0. The van der Waals surface area contributed by atoms with Crippen molar-refractivity contribution in [2.45, 2.75) is 40.0 Å². The summed E-state index contributed by atoms with van der Waals surface area (Å²) < 4.78 is 10.7. The molecule has 1 fully saturated rings. The van der Waals surface area contributed by atoms with Crippen LogP contribution in [0.1, 0.15) is 49.0 Å². The van der Waals surface area contributed by atoms with Crippen molar-refractivity contribution in [2.75, 3.05) is 6.61 Å². The van der Waals surface area contributed by atoms with E-state index in [1.165, 1.54) is 0 Å². The molecule has 0 spiro atoms. The highest BCUT2D eigenvalue weighted by Gasteiger charge is 2.49. The number of Topliss-reactive ketones (excluding diaryl/α,β-unsaturated/α-hetero) is 1. The second-order valence-electron chi connectivity index (χ2n) is 6.22. The van der Waals surface area contributed by atoms with Crippen LogP contribution in [0.5, 0.6) is 5.75 Å². The van der Waals surface area contributed by atoms with E-state index in [1.54, 1.807) is 19.1 Å². The van der Waals surface area contributed by atoms with Crippen molar-refractivity contribution >= 4 is 23.4 Å². The van der Waals surface area contributed by atoms with E-state index in [1.807, 2.05) is 13.8 Å². The molecule has 0 radical (unpaired) electrons. The first-order valence-corrected chi connectivity index (χ1v) is 8.57. The number of ketones is 1. The maximum absolute atomic E-state index is 12.6. The zero-order valence-electron chi connectivity index (χ0n) is 14.4. The Morgan fingerprint density at radius 1 is 1.33 bits per heavy atom. The summed E-state index contributed by atoms with van der Waals surface area (Å²) >= 11 is 6.20. The molecule has 2 rings (SSSR count). The van der Waals surface area contributed by atoms with Gasteiger partial charge in [0.15, 0.2) is 5.78 Å². The summed E-state index contributed by atoms with van der Waals surface area (Å²) in [7, 11) is 0. The lowest BCUT2D eigenvalue weighted by Crippen LogP contribution is -2.13. The quantitative estimate of drug-likeness (QED) is 0.294. The van der Waals surface area contributed by atoms with Gasteiger partial charge in [-0.05, 0) is 38.8 Å². The molecule has 5 heteroatoms. The number of unbranched alkanes of at least 4 members (excludes halogenated alkanes) is 1. The minimum atomic E-state index is -0.333. The predicted octanol–water partition coefficient (Wildman–Crippen LogP) is 4.72. The maximum atomic E-state index is 12.6. The third kappa shape index (κ3) is 4.38. The lowest BCUT2D eigenvalue weighted by molar-refractivity contribution is -0.145. The Morgan fingerprint density at radius 3 is 2.67 bits per heavy atom. The number of rotatable bonds is 8. The van der Waals surface area contributed by atoms with Crippen LogP contribution >= 0.6 is 11.6 Å². The molecule has 1 saturated carbocycles. The van der Waals surface area contributed by atoms with E-state index < -0.39 is 0 Å². The average molecular weight is 351 g/mol. The van der Waals surface area contributed by atoms with Gasteiger partial charge in [0.25, 0.3) is 0 Å². The Bertz CT molecular complexity index is 666. The van der Waals surface area contributed by atoms with Crippen molar-refractivity contribution in [2.24, 2.45) is 11.8 Å². The highest BCUT2D eigenvalue weighted by molar-refractivity contribution is 6.32. The third-order valence-corrected chi connectivity index (χ3v) is 4.43. The van der Waals surface area contributed by atoms with Crippen molar-refractivity contribution in [3.63, 3.8) is 0 Å². The number of esters is 1. The third-order valence-electron chi connectivity index (χ3n) is 4.04. The van der Waals surface area contributed by atoms with Gasteiger partial charge in [0.1, 0.15) is 5.75 Å². The normalized spacial score (nSPS) is 18.8. The Labute approximate surface area is 147 Å². The molecule has 2 atom stereocenters. The van der Waals surface area contributed by atoms with Gasteiger partial charge in [-0.1, -0.05) is 31.5 Å². The van der Waals surface area contributed by atoms with Gasteiger partial charge in [-0.3, -0.25) is 9.59 Å². The van der Waals surface area contributed by atoms with Crippen LogP contribution in [0.25, 0.3) is 0 Å². The summed E-state index contributed by atoms with van der Waals surface area (Å²) in [5.41, 5.74) is 1.21. The van der Waals surface area contributed by atoms with Crippen LogP contribution in [0, 0.1) is 18.8 Å². The first-order chi connectivity index (χ1) is 11.3. The molecule has 0 unspecified atom stereocenters. The van der Waals surface area contributed by atoms with Crippen LogP contribution in [0.2, 0.25) is 5.02 Å². The molecular weight excluding hydrogens is 328 g/mol. The zero-order valence-corrected chi connectivity index (χ0v) is 15.1. The number of carbonyl (C=O) groups excluding carboxylic acids is 2. The molecule has 0 aromatic heterocycles. The molecule has 0 aliphatic heterocycles. The number of halogens is 1. The summed E-state index contributed by atoms with van der Waals surface area (Å²) in [5, 5.41) is 0.458. The summed E-state index contributed by atoms with van der Waals surface area (Å²) in [5.74, 6) is -0.00140. The van der Waals surface area contributed by atoms with Crippen LogP contribution in [0.3, 0.4) is 0 Å². The Hall–Kier alpha value is -1.81. The van der Waals surface area contributed by atoms with Gasteiger partial charge in [0.2, 0.25) is 0 Å². The van der Waals surface area contributed by atoms with E-state index in [4.69, 9.17) is 21.1 Å². The van der Waals surface area contributed by atoms with E-state index in [2.05, 4.69) is 6.58 Å². The number of ether oxygens (including phenoxy) is 2. The smallest absolute Gasteiger partial charge is 0.309 e. The van der Waals surface area contributed by atoms with E-state index >= 15 is 0 Å².